The number of aryl methyl sites for hydroxylation is 1. The first-order valence-electron chi connectivity index (χ1n) is 9.09. The van der Waals surface area contributed by atoms with E-state index in [1.54, 1.807) is 24.4 Å². The van der Waals surface area contributed by atoms with Gasteiger partial charge in [-0.25, -0.2) is 0 Å². The predicted octanol–water partition coefficient (Wildman–Crippen LogP) is 4.46. The Kier molecular flexibility index (Phi) is 6.25. The van der Waals surface area contributed by atoms with Gasteiger partial charge in [-0.1, -0.05) is 42.5 Å². The number of amides is 2. The van der Waals surface area contributed by atoms with E-state index in [1.807, 2.05) is 36.4 Å². The Bertz CT molecular complexity index is 1080. The van der Waals surface area contributed by atoms with Crippen LogP contribution in [0.4, 0.5) is 18.9 Å². The summed E-state index contributed by atoms with van der Waals surface area (Å²) in [6.45, 7) is 0.0107. The van der Waals surface area contributed by atoms with E-state index in [9.17, 15) is 22.8 Å². The van der Waals surface area contributed by atoms with Crippen LogP contribution in [0.2, 0.25) is 0 Å². The average Bonchev–Trinajstić information content (AvgIpc) is 2.71. The van der Waals surface area contributed by atoms with Crippen LogP contribution in [0.25, 0.3) is 10.8 Å². The summed E-state index contributed by atoms with van der Waals surface area (Å²) in [5.74, 6) is -0.783. The van der Waals surface area contributed by atoms with Crippen LogP contribution in [-0.4, -0.2) is 31.1 Å². The molecule has 0 heterocycles. The van der Waals surface area contributed by atoms with Gasteiger partial charge in [0, 0.05) is 16.6 Å². The summed E-state index contributed by atoms with van der Waals surface area (Å²) in [6, 6.07) is 17.4. The second-order valence-corrected chi connectivity index (χ2v) is 6.64. The molecule has 0 aliphatic carbocycles. The summed E-state index contributed by atoms with van der Waals surface area (Å²) in [5, 5.41) is 6.27. The van der Waals surface area contributed by atoms with Gasteiger partial charge in [-0.3, -0.25) is 9.59 Å². The van der Waals surface area contributed by atoms with Crippen LogP contribution in [0.3, 0.4) is 0 Å². The number of alkyl halides is 3. The zero-order valence-corrected chi connectivity index (χ0v) is 16.0. The first kappa shape index (κ1) is 21.2. The summed E-state index contributed by atoms with van der Waals surface area (Å²) in [7, 11) is 0. The summed E-state index contributed by atoms with van der Waals surface area (Å²) >= 11 is 0. The Morgan fingerprint density at radius 2 is 1.73 bits per heavy atom. The zero-order valence-electron chi connectivity index (χ0n) is 16.0. The van der Waals surface area contributed by atoms with E-state index >= 15 is 0 Å². The number of anilines is 1. The van der Waals surface area contributed by atoms with Gasteiger partial charge in [-0.2, -0.15) is 13.2 Å². The SMILES string of the molecule is Cc1ccc(C(=O)NCC(F)(F)F)cc1NC(=O)COc1cccc2ccccc12. The third kappa shape index (κ3) is 5.50. The van der Waals surface area contributed by atoms with Crippen molar-refractivity contribution in [2.75, 3.05) is 18.5 Å². The van der Waals surface area contributed by atoms with Gasteiger partial charge in [0.25, 0.3) is 11.8 Å². The van der Waals surface area contributed by atoms with Crippen molar-refractivity contribution in [2.45, 2.75) is 13.1 Å². The molecule has 0 bridgehead atoms. The van der Waals surface area contributed by atoms with Crippen LogP contribution < -0.4 is 15.4 Å². The number of hydrogen-bond donors (Lipinski definition) is 2. The number of ether oxygens (including phenoxy) is 1. The first-order chi connectivity index (χ1) is 14.2. The number of carbonyl (C=O) groups is 2. The molecule has 3 aromatic carbocycles. The van der Waals surface area contributed by atoms with E-state index in [-0.39, 0.29) is 12.2 Å². The molecule has 0 aliphatic rings. The fourth-order valence-corrected chi connectivity index (χ4v) is 2.83. The number of carbonyl (C=O) groups excluding carboxylic acids is 2. The highest BCUT2D eigenvalue weighted by molar-refractivity contribution is 5.98. The van der Waals surface area contributed by atoms with Crippen LogP contribution in [-0.2, 0) is 4.79 Å². The molecule has 0 saturated carbocycles. The summed E-state index contributed by atoms with van der Waals surface area (Å²) in [5.41, 5.74) is 0.984. The number of hydrogen-bond acceptors (Lipinski definition) is 3. The maximum absolute atomic E-state index is 12.3. The molecule has 5 nitrogen and oxygen atoms in total. The number of halogens is 3. The van der Waals surface area contributed by atoms with Gasteiger partial charge in [0.05, 0.1) is 0 Å². The van der Waals surface area contributed by atoms with Crippen LogP contribution in [0.15, 0.2) is 60.7 Å². The van der Waals surface area contributed by atoms with Gasteiger partial charge < -0.3 is 15.4 Å². The van der Waals surface area contributed by atoms with Crippen LogP contribution in [0, 0.1) is 6.92 Å². The maximum Gasteiger partial charge on any atom is 0.405 e. The smallest absolute Gasteiger partial charge is 0.405 e. The van der Waals surface area contributed by atoms with Gasteiger partial charge in [-0.15, -0.1) is 0 Å². The van der Waals surface area contributed by atoms with Crippen molar-refractivity contribution in [3.63, 3.8) is 0 Å². The molecule has 156 valence electrons. The van der Waals surface area contributed by atoms with Gasteiger partial charge in [-0.05, 0) is 36.1 Å². The van der Waals surface area contributed by atoms with Crippen LogP contribution in [0.1, 0.15) is 15.9 Å². The monoisotopic (exact) mass is 416 g/mol. The molecular formula is C22H19F3N2O3. The van der Waals surface area contributed by atoms with Crippen LogP contribution in [0.5, 0.6) is 5.75 Å². The molecule has 3 aromatic rings. The largest absolute Gasteiger partial charge is 0.483 e. The molecule has 0 unspecified atom stereocenters. The highest BCUT2D eigenvalue weighted by Gasteiger charge is 2.28. The molecule has 30 heavy (non-hydrogen) atoms. The highest BCUT2D eigenvalue weighted by atomic mass is 19.4. The Morgan fingerprint density at radius 3 is 2.50 bits per heavy atom. The number of rotatable bonds is 6. The second kappa shape index (κ2) is 8.86. The molecule has 2 N–H and O–H groups in total. The van der Waals surface area contributed by atoms with E-state index < -0.39 is 24.5 Å². The molecule has 8 heteroatoms. The Labute approximate surface area is 170 Å². The third-order valence-corrected chi connectivity index (χ3v) is 4.33. The number of fused-ring (bicyclic) bond motifs is 1. The molecule has 0 fully saturated rings. The highest BCUT2D eigenvalue weighted by Crippen LogP contribution is 2.25. The molecule has 3 rings (SSSR count). The Morgan fingerprint density at radius 1 is 1.00 bits per heavy atom. The normalized spacial score (nSPS) is 11.2. The lowest BCUT2D eigenvalue weighted by atomic mass is 10.1. The van der Waals surface area contributed by atoms with E-state index in [1.165, 1.54) is 12.1 Å². The van der Waals surface area contributed by atoms with Crippen molar-refractivity contribution in [1.29, 1.82) is 0 Å². The van der Waals surface area contributed by atoms with E-state index in [0.717, 1.165) is 10.8 Å². The van der Waals surface area contributed by atoms with Gasteiger partial charge in [0.15, 0.2) is 6.61 Å². The Hall–Kier alpha value is -3.55. The van der Waals surface area contributed by atoms with Gasteiger partial charge in [0.1, 0.15) is 12.3 Å². The summed E-state index contributed by atoms with van der Waals surface area (Å²) in [6.07, 6.45) is -4.50. The number of benzene rings is 3. The molecule has 0 radical (unpaired) electrons. The van der Waals surface area contributed by atoms with Gasteiger partial charge in [0.2, 0.25) is 0 Å². The maximum atomic E-state index is 12.3. The summed E-state index contributed by atoms with van der Waals surface area (Å²) in [4.78, 5) is 24.3. The molecular weight excluding hydrogens is 397 g/mol. The lowest BCUT2D eigenvalue weighted by molar-refractivity contribution is -0.123. The topological polar surface area (TPSA) is 67.4 Å². The Balaban J connectivity index is 1.65. The lowest BCUT2D eigenvalue weighted by Crippen LogP contribution is -2.33. The van der Waals surface area contributed by atoms with Crippen molar-refractivity contribution in [3.8, 4) is 5.75 Å². The zero-order chi connectivity index (χ0) is 21.7. The van der Waals surface area contributed by atoms with Crippen molar-refractivity contribution >= 4 is 28.3 Å². The van der Waals surface area contributed by atoms with Crippen molar-refractivity contribution in [3.05, 3.63) is 71.8 Å². The van der Waals surface area contributed by atoms with Gasteiger partial charge >= 0.3 is 6.18 Å². The van der Waals surface area contributed by atoms with E-state index in [0.29, 0.717) is 17.0 Å². The predicted molar refractivity (Wildman–Crippen MR) is 108 cm³/mol. The molecule has 0 spiro atoms. The molecule has 2 amide bonds. The van der Waals surface area contributed by atoms with E-state index in [4.69, 9.17) is 4.74 Å². The molecule has 0 aliphatic heterocycles. The quantitative estimate of drug-likeness (QED) is 0.624. The standard InChI is InChI=1S/C22H19F3N2O3/c1-14-9-10-16(21(29)26-13-22(23,24)25)11-18(14)27-20(28)12-30-19-8-4-6-15-5-2-3-7-17(15)19/h2-11H,12-13H2,1H3,(H,26,29)(H,27,28). The summed E-state index contributed by atoms with van der Waals surface area (Å²) < 4.78 is 42.5. The fraction of sp³-hybridized carbons (Fsp3) is 0.182. The molecule has 0 saturated heterocycles. The molecule has 0 atom stereocenters. The van der Waals surface area contributed by atoms with Crippen molar-refractivity contribution in [2.24, 2.45) is 0 Å². The fourth-order valence-electron chi connectivity index (χ4n) is 2.83. The minimum atomic E-state index is -4.50. The minimum absolute atomic E-state index is 0.00937. The lowest BCUT2D eigenvalue weighted by Gasteiger charge is -2.13. The third-order valence-electron chi connectivity index (χ3n) is 4.33. The van der Waals surface area contributed by atoms with E-state index in [2.05, 4.69) is 5.32 Å². The second-order valence-electron chi connectivity index (χ2n) is 6.64. The average molecular weight is 416 g/mol. The molecule has 0 aromatic heterocycles. The first-order valence-corrected chi connectivity index (χ1v) is 9.09. The minimum Gasteiger partial charge on any atom is -0.483 e. The van der Waals surface area contributed by atoms with Crippen molar-refractivity contribution < 1.29 is 27.5 Å². The number of nitrogens with one attached hydrogen (secondary N) is 2. The van der Waals surface area contributed by atoms with Crippen molar-refractivity contribution in [1.82, 2.24) is 5.32 Å². The van der Waals surface area contributed by atoms with Crippen LogP contribution >= 0.6 is 0 Å².